The number of rotatable bonds is 10. The summed E-state index contributed by atoms with van der Waals surface area (Å²) in [5, 5.41) is 0. The van der Waals surface area contributed by atoms with Gasteiger partial charge in [-0.3, -0.25) is 0 Å². The van der Waals surface area contributed by atoms with Crippen LogP contribution in [0.4, 0.5) is 61.5 Å². The van der Waals surface area contributed by atoms with Crippen molar-refractivity contribution >= 4 is 0 Å². The van der Waals surface area contributed by atoms with Gasteiger partial charge in [-0.2, -0.15) is 43.9 Å². The quantitative estimate of drug-likeness (QED) is 0.322. The molecule has 0 spiro atoms. The van der Waals surface area contributed by atoms with Crippen molar-refractivity contribution in [2.75, 3.05) is 13.2 Å². The summed E-state index contributed by atoms with van der Waals surface area (Å²) in [6.07, 6.45) is -32.4. The van der Waals surface area contributed by atoms with Gasteiger partial charge in [0.05, 0.1) is 0 Å². The molecule has 0 fully saturated rings. The molecule has 0 saturated carbocycles. The van der Waals surface area contributed by atoms with E-state index in [9.17, 15) is 61.5 Å². The second-order valence-electron chi connectivity index (χ2n) is 5.28. The Kier molecular flexibility index (Phi) is 8.65. The fourth-order valence-corrected chi connectivity index (χ4v) is 1.61. The summed E-state index contributed by atoms with van der Waals surface area (Å²) in [5.41, 5.74) is 0. The van der Waals surface area contributed by atoms with Gasteiger partial charge >= 0.3 is 24.2 Å². The van der Waals surface area contributed by atoms with Crippen LogP contribution in [0.3, 0.4) is 0 Å². The van der Waals surface area contributed by atoms with Crippen LogP contribution in [-0.2, 0) is 4.74 Å². The molecule has 164 valence electrons. The van der Waals surface area contributed by atoms with Crippen LogP contribution in [-0.4, -0.2) is 62.1 Å². The van der Waals surface area contributed by atoms with Gasteiger partial charge in [-0.25, -0.2) is 17.6 Å². The molecule has 0 bridgehead atoms. The van der Waals surface area contributed by atoms with Crippen LogP contribution in [0.1, 0.15) is 12.8 Å². The molecule has 0 rings (SSSR count). The fourth-order valence-electron chi connectivity index (χ4n) is 1.61. The Morgan fingerprint density at radius 1 is 0.519 bits per heavy atom. The van der Waals surface area contributed by atoms with Crippen molar-refractivity contribution in [1.82, 2.24) is 0 Å². The maximum Gasteiger partial charge on any atom is 0.425 e. The van der Waals surface area contributed by atoms with Crippen molar-refractivity contribution in [2.45, 2.75) is 61.7 Å². The van der Waals surface area contributed by atoms with E-state index in [2.05, 4.69) is 4.74 Å². The van der Waals surface area contributed by atoms with Gasteiger partial charge in [0.25, 0.3) is 12.3 Å². The summed E-state index contributed by atoms with van der Waals surface area (Å²) in [4.78, 5) is 0. The van der Waals surface area contributed by atoms with E-state index in [0.717, 1.165) is 0 Å². The molecular formula is C12H12F14O. The zero-order valence-electron chi connectivity index (χ0n) is 12.8. The summed E-state index contributed by atoms with van der Waals surface area (Å²) >= 11 is 0. The molecule has 0 amide bonds. The van der Waals surface area contributed by atoms with E-state index in [1.54, 1.807) is 0 Å². The minimum Gasteiger partial charge on any atom is -0.381 e. The zero-order chi connectivity index (χ0) is 21.8. The summed E-state index contributed by atoms with van der Waals surface area (Å²) in [6, 6.07) is 0. The van der Waals surface area contributed by atoms with Crippen LogP contribution >= 0.6 is 0 Å². The average Bonchev–Trinajstić information content (AvgIpc) is 2.50. The predicted molar refractivity (Wildman–Crippen MR) is 61.6 cm³/mol. The van der Waals surface area contributed by atoms with E-state index in [1.165, 1.54) is 0 Å². The Bertz CT molecular complexity index is 404. The first-order chi connectivity index (χ1) is 11.9. The number of hydrogen-bond donors (Lipinski definition) is 0. The van der Waals surface area contributed by atoms with Crippen LogP contribution in [0.2, 0.25) is 0 Å². The summed E-state index contributed by atoms with van der Waals surface area (Å²) < 4.78 is 178. The maximum absolute atomic E-state index is 13.0. The minimum absolute atomic E-state index is 1.22. The van der Waals surface area contributed by atoms with Crippen LogP contribution in [0.5, 0.6) is 0 Å². The van der Waals surface area contributed by atoms with Gasteiger partial charge < -0.3 is 4.74 Å². The third-order valence-corrected chi connectivity index (χ3v) is 3.12. The molecule has 0 aromatic rings. The highest BCUT2D eigenvalue weighted by Gasteiger charge is 2.62. The van der Waals surface area contributed by atoms with Gasteiger partial charge in [0, 0.05) is 26.1 Å². The number of halogens is 14. The Morgan fingerprint density at radius 2 is 0.778 bits per heavy atom. The van der Waals surface area contributed by atoms with Gasteiger partial charge in [-0.05, 0) is 0 Å². The van der Waals surface area contributed by atoms with Crippen molar-refractivity contribution < 1.29 is 66.2 Å². The summed E-state index contributed by atoms with van der Waals surface area (Å²) in [5.74, 6) is -11.0. The first-order valence-electron chi connectivity index (χ1n) is 6.89. The van der Waals surface area contributed by atoms with E-state index < -0.39 is 74.9 Å². The van der Waals surface area contributed by atoms with E-state index in [0.29, 0.717) is 0 Å². The highest BCUT2D eigenvalue weighted by molar-refractivity contribution is 4.90. The van der Waals surface area contributed by atoms with Crippen LogP contribution in [0.15, 0.2) is 0 Å². The third kappa shape index (κ3) is 7.14. The van der Waals surface area contributed by atoms with Crippen molar-refractivity contribution in [2.24, 2.45) is 0 Å². The van der Waals surface area contributed by atoms with E-state index in [1.807, 2.05) is 0 Å². The lowest BCUT2D eigenvalue weighted by Gasteiger charge is -2.26. The van der Waals surface area contributed by atoms with Gasteiger partial charge in [0.1, 0.15) is 0 Å². The number of ether oxygens (including phenoxy) is 1. The normalized spacial score (nSPS) is 18.9. The smallest absolute Gasteiger partial charge is 0.381 e. The predicted octanol–water partition coefficient (Wildman–Crippen LogP) is 5.53. The Balaban J connectivity index is 4.44. The summed E-state index contributed by atoms with van der Waals surface area (Å²) in [6.45, 7) is -2.45. The lowest BCUT2D eigenvalue weighted by molar-refractivity contribution is -0.261. The Hall–Kier alpha value is -1.02. The zero-order valence-corrected chi connectivity index (χ0v) is 12.8. The molecule has 0 radical (unpaired) electrons. The Labute approximate surface area is 142 Å². The van der Waals surface area contributed by atoms with Gasteiger partial charge in [-0.1, -0.05) is 0 Å². The average molecular weight is 438 g/mol. The lowest BCUT2D eigenvalue weighted by Crippen LogP contribution is -2.48. The van der Waals surface area contributed by atoms with Crippen LogP contribution in [0, 0.1) is 0 Å². The first kappa shape index (κ1) is 26.0. The highest BCUT2D eigenvalue weighted by Crippen LogP contribution is 2.40. The molecule has 0 aromatic heterocycles. The second kappa shape index (κ2) is 8.99. The standard InChI is InChI=1S/C12H12F14O/c13-5(9(17,18)7(15)11(21,22)23)1-3-27-4-2-6(14)10(19,20)8(16)12(24,25)26/h5-8H,1-4H2. The topological polar surface area (TPSA) is 9.23 Å². The van der Waals surface area contributed by atoms with Crippen molar-refractivity contribution in [3.05, 3.63) is 0 Å². The SMILES string of the molecule is FC(CCOCCC(F)C(F)(F)C(F)C(F)(F)F)C(F)(F)C(F)C(F)(F)F. The van der Waals surface area contributed by atoms with E-state index >= 15 is 0 Å². The monoisotopic (exact) mass is 438 g/mol. The van der Waals surface area contributed by atoms with Gasteiger partial charge in [-0.15, -0.1) is 0 Å². The van der Waals surface area contributed by atoms with E-state index in [-0.39, 0.29) is 0 Å². The molecule has 0 saturated heterocycles. The molecule has 0 aliphatic rings. The molecule has 0 N–H and O–H groups in total. The molecule has 0 heterocycles. The molecule has 0 aliphatic heterocycles. The highest BCUT2D eigenvalue weighted by atomic mass is 19.4. The minimum atomic E-state index is -6.07. The van der Waals surface area contributed by atoms with E-state index in [4.69, 9.17) is 0 Å². The van der Waals surface area contributed by atoms with Gasteiger partial charge in [0.15, 0.2) is 12.3 Å². The second-order valence-corrected chi connectivity index (χ2v) is 5.28. The lowest BCUT2D eigenvalue weighted by atomic mass is 10.1. The Morgan fingerprint density at radius 3 is 1.00 bits per heavy atom. The third-order valence-electron chi connectivity index (χ3n) is 3.12. The van der Waals surface area contributed by atoms with Crippen molar-refractivity contribution in [1.29, 1.82) is 0 Å². The summed E-state index contributed by atoms with van der Waals surface area (Å²) in [7, 11) is 0. The maximum atomic E-state index is 13.0. The molecule has 0 aromatic carbocycles. The number of alkyl halides is 14. The molecular weight excluding hydrogens is 426 g/mol. The molecule has 1 nitrogen and oxygen atoms in total. The number of hydrogen-bond acceptors (Lipinski definition) is 1. The molecule has 0 aliphatic carbocycles. The fraction of sp³-hybridized carbons (Fsp3) is 1.00. The van der Waals surface area contributed by atoms with Crippen molar-refractivity contribution in [3.8, 4) is 0 Å². The molecule has 4 atom stereocenters. The molecule has 15 heteroatoms. The molecule has 27 heavy (non-hydrogen) atoms. The first-order valence-corrected chi connectivity index (χ1v) is 6.89. The van der Waals surface area contributed by atoms with Gasteiger partial charge in [0.2, 0.25) is 0 Å². The van der Waals surface area contributed by atoms with Crippen LogP contribution in [0.25, 0.3) is 0 Å². The van der Waals surface area contributed by atoms with Crippen molar-refractivity contribution in [3.63, 3.8) is 0 Å². The van der Waals surface area contributed by atoms with Crippen LogP contribution < -0.4 is 0 Å². The largest absolute Gasteiger partial charge is 0.425 e. The molecule has 4 unspecified atom stereocenters.